The highest BCUT2D eigenvalue weighted by Crippen LogP contribution is 2.05. The van der Waals surface area contributed by atoms with E-state index in [2.05, 4.69) is 22.0 Å². The molecule has 0 amide bonds. The highest BCUT2D eigenvalue weighted by Gasteiger charge is 2.13. The lowest BCUT2D eigenvalue weighted by Crippen LogP contribution is -2.45. The Balaban J connectivity index is 1.74. The third-order valence-corrected chi connectivity index (χ3v) is 2.96. The van der Waals surface area contributed by atoms with E-state index >= 15 is 0 Å². The Hall–Kier alpha value is -0.870. The molecule has 1 aliphatic heterocycles. The summed E-state index contributed by atoms with van der Waals surface area (Å²) in [6.45, 7) is 7.74. The van der Waals surface area contributed by atoms with Crippen molar-refractivity contribution in [2.75, 3.05) is 39.8 Å². The predicted octanol–water partition coefficient (Wildman–Crippen LogP) is 0.773. The minimum atomic E-state index is 0.906. The number of nitrogens with zero attached hydrogens (tertiary/aromatic N) is 3. The molecular formula is C11H19N3O. The first-order valence-corrected chi connectivity index (χ1v) is 5.57. The molecule has 0 radical (unpaired) electrons. The number of aromatic nitrogens is 1. The van der Waals surface area contributed by atoms with Crippen LogP contribution in [0.1, 0.15) is 11.5 Å². The Bertz CT molecular complexity index is 303. The van der Waals surface area contributed by atoms with Crippen LogP contribution in [0.4, 0.5) is 0 Å². The third-order valence-electron chi connectivity index (χ3n) is 2.96. The Morgan fingerprint density at radius 3 is 2.67 bits per heavy atom. The molecule has 4 heteroatoms. The van der Waals surface area contributed by atoms with E-state index in [1.807, 2.05) is 13.0 Å². The van der Waals surface area contributed by atoms with Crippen LogP contribution >= 0.6 is 0 Å². The second-order valence-corrected chi connectivity index (χ2v) is 4.32. The summed E-state index contributed by atoms with van der Waals surface area (Å²) in [6, 6.07) is 2.02. The number of rotatable bonds is 3. The van der Waals surface area contributed by atoms with Crippen molar-refractivity contribution in [1.29, 1.82) is 0 Å². The van der Waals surface area contributed by atoms with E-state index in [0.717, 1.165) is 24.4 Å². The van der Waals surface area contributed by atoms with Crippen molar-refractivity contribution >= 4 is 0 Å². The molecular weight excluding hydrogens is 190 g/mol. The van der Waals surface area contributed by atoms with Crippen LogP contribution < -0.4 is 0 Å². The van der Waals surface area contributed by atoms with Crippen LogP contribution in [0.15, 0.2) is 10.6 Å². The summed E-state index contributed by atoms with van der Waals surface area (Å²) < 4.78 is 5.04. The minimum Gasteiger partial charge on any atom is -0.361 e. The normalized spacial score (nSPS) is 19.6. The zero-order chi connectivity index (χ0) is 10.7. The monoisotopic (exact) mass is 209 g/mol. The lowest BCUT2D eigenvalue weighted by molar-refractivity contribution is 0.155. The molecule has 0 aliphatic carbocycles. The zero-order valence-electron chi connectivity index (χ0n) is 9.57. The molecule has 0 bridgehead atoms. The zero-order valence-corrected chi connectivity index (χ0v) is 9.57. The Kier molecular flexibility index (Phi) is 3.38. The van der Waals surface area contributed by atoms with Crippen LogP contribution in [-0.2, 0) is 6.42 Å². The lowest BCUT2D eigenvalue weighted by Gasteiger charge is -2.32. The molecule has 84 valence electrons. The van der Waals surface area contributed by atoms with Crippen molar-refractivity contribution in [2.45, 2.75) is 13.3 Å². The summed E-state index contributed by atoms with van der Waals surface area (Å²) in [6.07, 6.45) is 1.00. The maximum atomic E-state index is 5.04. The van der Waals surface area contributed by atoms with E-state index in [9.17, 15) is 0 Å². The van der Waals surface area contributed by atoms with Crippen molar-refractivity contribution in [3.05, 3.63) is 17.5 Å². The van der Waals surface area contributed by atoms with Crippen molar-refractivity contribution < 1.29 is 4.52 Å². The fourth-order valence-corrected chi connectivity index (χ4v) is 1.88. The van der Waals surface area contributed by atoms with Gasteiger partial charge in [0.05, 0.1) is 5.69 Å². The van der Waals surface area contributed by atoms with Gasteiger partial charge in [-0.15, -0.1) is 0 Å². The summed E-state index contributed by atoms with van der Waals surface area (Å²) >= 11 is 0. The SMILES string of the molecule is Cc1cc(CCN2CCN(C)CC2)no1. The van der Waals surface area contributed by atoms with Gasteiger partial charge in [-0.2, -0.15) is 0 Å². The van der Waals surface area contributed by atoms with Crippen molar-refractivity contribution in [1.82, 2.24) is 15.0 Å². The molecule has 1 aromatic rings. The van der Waals surface area contributed by atoms with Gasteiger partial charge in [-0.05, 0) is 14.0 Å². The largest absolute Gasteiger partial charge is 0.361 e. The van der Waals surface area contributed by atoms with Gasteiger partial charge < -0.3 is 14.3 Å². The van der Waals surface area contributed by atoms with Gasteiger partial charge in [0, 0.05) is 45.2 Å². The van der Waals surface area contributed by atoms with E-state index in [0.29, 0.717) is 0 Å². The van der Waals surface area contributed by atoms with Crippen molar-refractivity contribution in [3.8, 4) is 0 Å². The molecule has 0 unspecified atom stereocenters. The van der Waals surface area contributed by atoms with Crippen LogP contribution in [0, 0.1) is 6.92 Å². The third kappa shape index (κ3) is 3.04. The Morgan fingerprint density at radius 2 is 2.07 bits per heavy atom. The summed E-state index contributed by atoms with van der Waals surface area (Å²) in [7, 11) is 2.18. The van der Waals surface area contributed by atoms with Crippen molar-refractivity contribution in [2.24, 2.45) is 0 Å². The van der Waals surface area contributed by atoms with Gasteiger partial charge in [0.15, 0.2) is 0 Å². The Morgan fingerprint density at radius 1 is 1.33 bits per heavy atom. The number of piperazine rings is 1. The fraction of sp³-hybridized carbons (Fsp3) is 0.727. The molecule has 0 saturated carbocycles. The standard InChI is InChI=1S/C11H19N3O/c1-10-9-11(12-15-10)3-4-14-7-5-13(2)6-8-14/h9H,3-8H2,1-2H3. The highest BCUT2D eigenvalue weighted by molar-refractivity contribution is 5.03. The number of hydrogen-bond donors (Lipinski definition) is 0. The molecule has 2 rings (SSSR count). The van der Waals surface area contributed by atoms with E-state index in [4.69, 9.17) is 4.52 Å². The number of likely N-dealkylation sites (N-methyl/N-ethyl adjacent to an activating group) is 1. The summed E-state index contributed by atoms with van der Waals surface area (Å²) in [5, 5.41) is 4.00. The van der Waals surface area contributed by atoms with Gasteiger partial charge in [0.25, 0.3) is 0 Å². The topological polar surface area (TPSA) is 32.5 Å². The van der Waals surface area contributed by atoms with E-state index in [1.165, 1.54) is 26.2 Å². The molecule has 1 aliphatic rings. The molecule has 0 atom stereocenters. The summed E-state index contributed by atoms with van der Waals surface area (Å²) in [5.74, 6) is 0.906. The Labute approximate surface area is 90.8 Å². The van der Waals surface area contributed by atoms with E-state index in [-0.39, 0.29) is 0 Å². The number of hydrogen-bond acceptors (Lipinski definition) is 4. The first-order valence-electron chi connectivity index (χ1n) is 5.57. The van der Waals surface area contributed by atoms with Gasteiger partial charge in [0.2, 0.25) is 0 Å². The maximum absolute atomic E-state index is 5.04. The van der Waals surface area contributed by atoms with E-state index in [1.54, 1.807) is 0 Å². The van der Waals surface area contributed by atoms with Crippen LogP contribution in [-0.4, -0.2) is 54.7 Å². The molecule has 0 N–H and O–H groups in total. The summed E-state index contributed by atoms with van der Waals surface area (Å²) in [5.41, 5.74) is 1.08. The lowest BCUT2D eigenvalue weighted by atomic mass is 10.2. The van der Waals surface area contributed by atoms with Crippen LogP contribution in [0.3, 0.4) is 0 Å². The molecule has 1 saturated heterocycles. The molecule has 0 aromatic carbocycles. The smallest absolute Gasteiger partial charge is 0.133 e. The van der Waals surface area contributed by atoms with Crippen LogP contribution in [0.2, 0.25) is 0 Å². The molecule has 15 heavy (non-hydrogen) atoms. The second kappa shape index (κ2) is 4.77. The van der Waals surface area contributed by atoms with Gasteiger partial charge in [-0.3, -0.25) is 0 Å². The molecule has 4 nitrogen and oxygen atoms in total. The van der Waals surface area contributed by atoms with Gasteiger partial charge in [0.1, 0.15) is 5.76 Å². The first kappa shape index (κ1) is 10.6. The highest BCUT2D eigenvalue weighted by atomic mass is 16.5. The minimum absolute atomic E-state index is 0.906. The summed E-state index contributed by atoms with van der Waals surface area (Å²) in [4.78, 5) is 4.86. The molecule has 1 fully saturated rings. The number of aryl methyl sites for hydroxylation is 1. The molecule has 0 spiro atoms. The first-order chi connectivity index (χ1) is 7.24. The fourth-order valence-electron chi connectivity index (χ4n) is 1.88. The molecule has 2 heterocycles. The van der Waals surface area contributed by atoms with Gasteiger partial charge in [-0.25, -0.2) is 0 Å². The second-order valence-electron chi connectivity index (χ2n) is 4.32. The van der Waals surface area contributed by atoms with Gasteiger partial charge in [-0.1, -0.05) is 5.16 Å². The van der Waals surface area contributed by atoms with Crippen LogP contribution in [0.5, 0.6) is 0 Å². The molecule has 1 aromatic heterocycles. The quantitative estimate of drug-likeness (QED) is 0.736. The average Bonchev–Trinajstić information content (AvgIpc) is 2.64. The van der Waals surface area contributed by atoms with Crippen LogP contribution in [0.25, 0.3) is 0 Å². The van der Waals surface area contributed by atoms with Gasteiger partial charge >= 0.3 is 0 Å². The maximum Gasteiger partial charge on any atom is 0.133 e. The predicted molar refractivity (Wildman–Crippen MR) is 58.9 cm³/mol. The van der Waals surface area contributed by atoms with Crippen molar-refractivity contribution in [3.63, 3.8) is 0 Å². The van der Waals surface area contributed by atoms with E-state index < -0.39 is 0 Å². The average molecular weight is 209 g/mol.